The van der Waals surface area contributed by atoms with Crippen LogP contribution in [-0.2, 0) is 10.0 Å². The zero-order chi connectivity index (χ0) is 16.7. The second-order valence-corrected chi connectivity index (χ2v) is 8.04. The Labute approximate surface area is 142 Å². The number of rotatable bonds is 5. The molecule has 1 aliphatic heterocycles. The lowest BCUT2D eigenvalue weighted by molar-refractivity contribution is 0.252. The minimum Gasteiger partial charge on any atom is -0.337 e. The van der Waals surface area contributed by atoms with Crippen LogP contribution in [0.1, 0.15) is 25.7 Å². The number of carbonyl (C=O) groups is 1. The molecule has 0 radical (unpaired) electrons. The van der Waals surface area contributed by atoms with Crippen molar-refractivity contribution in [1.82, 2.24) is 9.62 Å². The smallest absolute Gasteiger partial charge is 0.319 e. The van der Waals surface area contributed by atoms with E-state index in [0.717, 1.165) is 25.7 Å². The van der Waals surface area contributed by atoms with Gasteiger partial charge in [-0.1, -0.05) is 24.4 Å². The lowest BCUT2D eigenvalue weighted by Gasteiger charge is -2.19. The van der Waals surface area contributed by atoms with Crippen molar-refractivity contribution in [2.75, 3.05) is 30.7 Å². The van der Waals surface area contributed by atoms with Crippen molar-refractivity contribution in [2.45, 2.75) is 25.7 Å². The summed E-state index contributed by atoms with van der Waals surface area (Å²) in [5.41, 5.74) is 0.599. The molecule has 0 bridgehead atoms. The minimum atomic E-state index is -3.31. The highest BCUT2D eigenvalue weighted by Gasteiger charge is 2.22. The largest absolute Gasteiger partial charge is 0.337 e. The summed E-state index contributed by atoms with van der Waals surface area (Å²) in [6, 6.07) is 6.26. The number of hydrogen-bond donors (Lipinski definition) is 2. The molecule has 128 valence electrons. The van der Waals surface area contributed by atoms with E-state index in [1.54, 1.807) is 28.6 Å². The summed E-state index contributed by atoms with van der Waals surface area (Å²) in [6.07, 6.45) is 3.97. The van der Waals surface area contributed by atoms with Gasteiger partial charge in [-0.15, -0.1) is 0 Å². The highest BCUT2D eigenvalue weighted by Crippen LogP contribution is 2.14. The summed E-state index contributed by atoms with van der Waals surface area (Å²) in [7, 11) is -3.31. The van der Waals surface area contributed by atoms with Crippen LogP contribution in [0.15, 0.2) is 24.3 Å². The summed E-state index contributed by atoms with van der Waals surface area (Å²) < 4.78 is 26.1. The Morgan fingerprint density at radius 1 is 1.09 bits per heavy atom. The molecule has 2 rings (SSSR count). The SMILES string of the molecule is O=C(NCCS(=O)(=O)N1CCCCCC1)Nc1ccc(Cl)cc1. The van der Waals surface area contributed by atoms with Gasteiger partial charge in [-0.2, -0.15) is 0 Å². The average Bonchev–Trinajstić information content (AvgIpc) is 2.79. The zero-order valence-electron chi connectivity index (χ0n) is 12.9. The van der Waals surface area contributed by atoms with Crippen LogP contribution in [0, 0.1) is 0 Å². The number of anilines is 1. The fourth-order valence-corrected chi connectivity index (χ4v) is 4.01. The van der Waals surface area contributed by atoms with E-state index in [1.165, 1.54) is 0 Å². The Kier molecular flexibility index (Phi) is 6.68. The summed E-state index contributed by atoms with van der Waals surface area (Å²) in [4.78, 5) is 11.8. The number of halogens is 1. The molecule has 0 aliphatic carbocycles. The number of nitrogens with one attached hydrogen (secondary N) is 2. The second kappa shape index (κ2) is 8.52. The summed E-state index contributed by atoms with van der Waals surface area (Å²) in [6.45, 7) is 1.25. The van der Waals surface area contributed by atoms with E-state index in [1.807, 2.05) is 0 Å². The molecule has 1 aromatic rings. The second-order valence-electron chi connectivity index (χ2n) is 5.52. The van der Waals surface area contributed by atoms with E-state index >= 15 is 0 Å². The first-order valence-corrected chi connectivity index (χ1v) is 9.74. The molecule has 1 aliphatic rings. The molecule has 6 nitrogen and oxygen atoms in total. The third kappa shape index (κ3) is 6.01. The number of carbonyl (C=O) groups excluding carboxylic acids is 1. The summed E-state index contributed by atoms with van der Waals surface area (Å²) >= 11 is 5.77. The Morgan fingerprint density at radius 3 is 2.30 bits per heavy atom. The van der Waals surface area contributed by atoms with Crippen LogP contribution in [-0.4, -0.2) is 44.1 Å². The highest BCUT2D eigenvalue weighted by atomic mass is 35.5. The molecule has 0 spiro atoms. The van der Waals surface area contributed by atoms with Crippen LogP contribution in [0.25, 0.3) is 0 Å². The molecule has 0 aromatic heterocycles. The molecule has 8 heteroatoms. The number of urea groups is 1. The lowest BCUT2D eigenvalue weighted by Crippen LogP contribution is -2.39. The van der Waals surface area contributed by atoms with Crippen molar-refractivity contribution in [3.8, 4) is 0 Å². The maximum absolute atomic E-state index is 12.3. The molecule has 2 N–H and O–H groups in total. The standard InChI is InChI=1S/C15H22ClN3O3S/c16-13-5-7-14(8-6-13)18-15(20)17-9-12-23(21,22)19-10-3-1-2-4-11-19/h5-8H,1-4,9-12H2,(H2,17,18,20). The predicted molar refractivity (Wildman–Crippen MR) is 92.3 cm³/mol. The lowest BCUT2D eigenvalue weighted by atomic mass is 10.2. The Morgan fingerprint density at radius 2 is 1.70 bits per heavy atom. The predicted octanol–water partition coefficient (Wildman–Crippen LogP) is 2.67. The van der Waals surface area contributed by atoms with Gasteiger partial charge in [-0.3, -0.25) is 0 Å². The van der Waals surface area contributed by atoms with Crippen molar-refractivity contribution < 1.29 is 13.2 Å². The van der Waals surface area contributed by atoms with Gasteiger partial charge in [-0.05, 0) is 37.1 Å². The van der Waals surface area contributed by atoms with Gasteiger partial charge in [0, 0.05) is 30.3 Å². The van der Waals surface area contributed by atoms with Gasteiger partial charge < -0.3 is 10.6 Å². The molecule has 0 atom stereocenters. The quantitative estimate of drug-likeness (QED) is 0.848. The summed E-state index contributed by atoms with van der Waals surface area (Å²) in [5, 5.41) is 5.78. The van der Waals surface area contributed by atoms with E-state index in [0.29, 0.717) is 23.8 Å². The highest BCUT2D eigenvalue weighted by molar-refractivity contribution is 7.89. The molecule has 2 amide bonds. The maximum Gasteiger partial charge on any atom is 0.319 e. The van der Waals surface area contributed by atoms with Crippen molar-refractivity contribution in [1.29, 1.82) is 0 Å². The van der Waals surface area contributed by atoms with Crippen LogP contribution in [0.5, 0.6) is 0 Å². The molecule has 0 saturated carbocycles. The number of benzene rings is 1. The molecule has 0 unspecified atom stereocenters. The fraction of sp³-hybridized carbons (Fsp3) is 0.533. The van der Waals surface area contributed by atoms with Crippen LogP contribution >= 0.6 is 11.6 Å². The van der Waals surface area contributed by atoms with Crippen molar-refractivity contribution in [2.24, 2.45) is 0 Å². The van der Waals surface area contributed by atoms with Gasteiger partial charge in [0.25, 0.3) is 0 Å². The Balaban J connectivity index is 1.76. The summed E-state index contributed by atoms with van der Waals surface area (Å²) in [5.74, 6) is -0.0823. The van der Waals surface area contributed by atoms with Crippen LogP contribution in [0.3, 0.4) is 0 Å². The first-order valence-electron chi connectivity index (χ1n) is 7.76. The Bertz CT molecular complexity index is 611. The van der Waals surface area contributed by atoms with E-state index in [-0.39, 0.29) is 12.3 Å². The zero-order valence-corrected chi connectivity index (χ0v) is 14.5. The van der Waals surface area contributed by atoms with Crippen LogP contribution in [0.4, 0.5) is 10.5 Å². The minimum absolute atomic E-state index is 0.0816. The van der Waals surface area contributed by atoms with Gasteiger partial charge in [0.05, 0.1) is 5.75 Å². The molecular formula is C15H22ClN3O3S. The van der Waals surface area contributed by atoms with Crippen molar-refractivity contribution >= 4 is 33.3 Å². The topological polar surface area (TPSA) is 78.5 Å². The number of nitrogens with zero attached hydrogens (tertiary/aromatic N) is 1. The first-order chi connectivity index (χ1) is 11.0. The number of hydrogen-bond acceptors (Lipinski definition) is 3. The van der Waals surface area contributed by atoms with E-state index in [4.69, 9.17) is 11.6 Å². The van der Waals surface area contributed by atoms with Crippen LogP contribution < -0.4 is 10.6 Å². The maximum atomic E-state index is 12.3. The normalized spacial score (nSPS) is 16.6. The van der Waals surface area contributed by atoms with Crippen LogP contribution in [0.2, 0.25) is 5.02 Å². The molecule has 1 aromatic carbocycles. The van der Waals surface area contributed by atoms with Gasteiger partial charge >= 0.3 is 6.03 Å². The molecule has 1 saturated heterocycles. The van der Waals surface area contributed by atoms with Gasteiger partial charge in [0.15, 0.2) is 0 Å². The third-order valence-electron chi connectivity index (χ3n) is 3.71. The van der Waals surface area contributed by atoms with Gasteiger partial charge in [0.2, 0.25) is 10.0 Å². The van der Waals surface area contributed by atoms with Crippen molar-refractivity contribution in [3.63, 3.8) is 0 Å². The van der Waals surface area contributed by atoms with E-state index < -0.39 is 16.1 Å². The van der Waals surface area contributed by atoms with Crippen molar-refractivity contribution in [3.05, 3.63) is 29.3 Å². The average molecular weight is 360 g/mol. The first kappa shape index (κ1) is 18.0. The monoisotopic (exact) mass is 359 g/mol. The fourth-order valence-electron chi connectivity index (χ4n) is 2.45. The molecule has 23 heavy (non-hydrogen) atoms. The van der Waals surface area contributed by atoms with E-state index in [2.05, 4.69) is 10.6 Å². The van der Waals surface area contributed by atoms with Gasteiger partial charge in [-0.25, -0.2) is 17.5 Å². The third-order valence-corrected chi connectivity index (χ3v) is 5.83. The molecular weight excluding hydrogens is 338 g/mol. The molecule has 1 heterocycles. The van der Waals surface area contributed by atoms with Gasteiger partial charge in [0.1, 0.15) is 0 Å². The van der Waals surface area contributed by atoms with E-state index in [9.17, 15) is 13.2 Å². The number of amides is 2. The Hall–Kier alpha value is -1.31. The number of sulfonamides is 1. The molecule has 1 fully saturated rings.